The summed E-state index contributed by atoms with van der Waals surface area (Å²) >= 11 is 0. The van der Waals surface area contributed by atoms with Gasteiger partial charge in [-0.2, -0.15) is 9.28 Å². The van der Waals surface area contributed by atoms with Crippen molar-refractivity contribution in [3.8, 4) is 0 Å². The predicted octanol–water partition coefficient (Wildman–Crippen LogP) is 3.24. The van der Waals surface area contributed by atoms with Crippen LogP contribution in [0, 0.1) is 11.7 Å². The maximum atomic E-state index is 13.2. The van der Waals surface area contributed by atoms with Crippen molar-refractivity contribution in [2.45, 2.75) is 39.2 Å². The standard InChI is InChI=1S/C17H20FNO4/c1-11(9-15(20)13-6-3-7-14(18)10-13)16(21)19(17(22)23)8-4-5-12(19)2/h3,6-7,10-12H,4-5,8-9H2,1-2H3/p+1/t11?,12-,19?/m1/s1. The van der Waals surface area contributed by atoms with E-state index in [0.29, 0.717) is 12.8 Å². The largest absolute Gasteiger partial charge is 0.521 e. The molecule has 1 aromatic carbocycles. The first-order valence-corrected chi connectivity index (χ1v) is 7.73. The van der Waals surface area contributed by atoms with Gasteiger partial charge in [-0.3, -0.25) is 4.79 Å². The Morgan fingerprint density at radius 2 is 2.09 bits per heavy atom. The second-order valence-electron chi connectivity index (χ2n) is 6.24. The Bertz CT molecular complexity index is 645. The first-order valence-electron chi connectivity index (χ1n) is 7.73. The van der Waals surface area contributed by atoms with Crippen LogP contribution < -0.4 is 0 Å². The van der Waals surface area contributed by atoms with Crippen LogP contribution in [0.25, 0.3) is 0 Å². The zero-order chi connectivity index (χ0) is 17.2. The summed E-state index contributed by atoms with van der Waals surface area (Å²) in [4.78, 5) is 36.6. The molecular weight excluding hydrogens is 301 g/mol. The highest BCUT2D eigenvalue weighted by Crippen LogP contribution is 2.31. The molecule has 1 aliphatic heterocycles. The van der Waals surface area contributed by atoms with Gasteiger partial charge in [0.25, 0.3) is 0 Å². The number of nitrogens with zero attached hydrogens (tertiary/aromatic N) is 1. The normalized spacial score (nSPS) is 25.1. The number of halogens is 1. The van der Waals surface area contributed by atoms with Crippen LogP contribution in [0.2, 0.25) is 0 Å². The van der Waals surface area contributed by atoms with E-state index in [1.165, 1.54) is 18.2 Å². The number of rotatable bonds is 4. The van der Waals surface area contributed by atoms with Crippen molar-refractivity contribution in [1.82, 2.24) is 0 Å². The van der Waals surface area contributed by atoms with Gasteiger partial charge in [-0.15, -0.1) is 0 Å². The van der Waals surface area contributed by atoms with Gasteiger partial charge in [-0.1, -0.05) is 12.1 Å². The summed E-state index contributed by atoms with van der Waals surface area (Å²) in [7, 11) is 0. The molecule has 2 amide bonds. The molecule has 2 rings (SSSR count). The van der Waals surface area contributed by atoms with Crippen LogP contribution in [0.3, 0.4) is 0 Å². The molecule has 0 aromatic heterocycles. The quantitative estimate of drug-likeness (QED) is 0.682. The van der Waals surface area contributed by atoms with Crippen molar-refractivity contribution in [2.75, 3.05) is 6.54 Å². The second-order valence-corrected chi connectivity index (χ2v) is 6.24. The highest BCUT2D eigenvalue weighted by molar-refractivity contribution is 5.98. The Kier molecular flexibility index (Phi) is 4.94. The van der Waals surface area contributed by atoms with Crippen LogP contribution in [-0.2, 0) is 4.79 Å². The lowest BCUT2D eigenvalue weighted by atomic mass is 9.97. The number of imide groups is 1. The minimum atomic E-state index is -1.16. The number of carboxylic acid groups (broad SMARTS) is 1. The van der Waals surface area contributed by atoms with Crippen molar-refractivity contribution < 1.29 is 28.4 Å². The summed E-state index contributed by atoms with van der Waals surface area (Å²) in [5.41, 5.74) is 0.195. The molecule has 0 aliphatic carbocycles. The summed E-state index contributed by atoms with van der Waals surface area (Å²) in [6.07, 6.45) is 0.0549. The number of quaternary nitrogens is 1. The molecule has 0 bridgehead atoms. The average molecular weight is 322 g/mol. The minimum Gasteiger partial charge on any atom is -0.435 e. The Hall–Kier alpha value is -2.08. The summed E-state index contributed by atoms with van der Waals surface area (Å²) in [6, 6.07) is 4.99. The number of ketones is 1. The Morgan fingerprint density at radius 3 is 2.61 bits per heavy atom. The number of amides is 2. The van der Waals surface area contributed by atoms with Crippen LogP contribution in [0.4, 0.5) is 9.18 Å². The Morgan fingerprint density at radius 1 is 1.39 bits per heavy atom. The SMILES string of the molecule is CC(CC(=O)c1cccc(F)c1)C(=O)[N+]1(C(=O)O)CCC[C@H]1C. The third kappa shape index (κ3) is 3.17. The predicted molar refractivity (Wildman–Crippen MR) is 81.4 cm³/mol. The minimum absolute atomic E-state index is 0.123. The van der Waals surface area contributed by atoms with Crippen LogP contribution in [0.5, 0.6) is 0 Å². The molecular formula is C17H21FNO4+. The molecule has 5 nitrogen and oxygen atoms in total. The molecule has 1 heterocycles. The molecule has 0 spiro atoms. The molecule has 1 N–H and O–H groups in total. The van der Waals surface area contributed by atoms with Gasteiger partial charge in [0.15, 0.2) is 5.78 Å². The first kappa shape index (κ1) is 17.3. The van der Waals surface area contributed by atoms with Crippen molar-refractivity contribution >= 4 is 17.8 Å². The van der Waals surface area contributed by atoms with Crippen molar-refractivity contribution in [2.24, 2.45) is 5.92 Å². The number of carbonyl (C=O) groups is 3. The monoisotopic (exact) mass is 322 g/mol. The van der Waals surface area contributed by atoms with Crippen molar-refractivity contribution in [3.63, 3.8) is 0 Å². The topological polar surface area (TPSA) is 71.4 Å². The molecule has 6 heteroatoms. The second kappa shape index (κ2) is 6.58. The van der Waals surface area contributed by atoms with Crippen LogP contribution >= 0.6 is 0 Å². The molecule has 23 heavy (non-hydrogen) atoms. The first-order chi connectivity index (χ1) is 10.8. The molecule has 1 saturated heterocycles. The maximum Gasteiger partial charge on any atom is 0.521 e. The van der Waals surface area contributed by atoms with Gasteiger partial charge in [0.1, 0.15) is 11.9 Å². The van der Waals surface area contributed by atoms with Gasteiger partial charge < -0.3 is 5.11 Å². The summed E-state index contributed by atoms with van der Waals surface area (Å²) < 4.78 is 12.6. The zero-order valence-electron chi connectivity index (χ0n) is 13.3. The van der Waals surface area contributed by atoms with Crippen LogP contribution in [0.15, 0.2) is 24.3 Å². The zero-order valence-corrected chi connectivity index (χ0v) is 13.3. The van der Waals surface area contributed by atoms with E-state index >= 15 is 0 Å². The molecule has 0 radical (unpaired) electrons. The molecule has 1 aliphatic rings. The lowest BCUT2D eigenvalue weighted by Crippen LogP contribution is -2.60. The van der Waals surface area contributed by atoms with Crippen molar-refractivity contribution in [3.05, 3.63) is 35.6 Å². The van der Waals surface area contributed by atoms with Gasteiger partial charge in [0.05, 0.1) is 12.5 Å². The van der Waals surface area contributed by atoms with Crippen LogP contribution in [-0.4, -0.2) is 40.0 Å². The molecule has 3 atom stereocenters. The van der Waals surface area contributed by atoms with Gasteiger partial charge >= 0.3 is 12.0 Å². The van der Waals surface area contributed by atoms with Gasteiger partial charge in [-0.05, 0) is 26.0 Å². The summed E-state index contributed by atoms with van der Waals surface area (Å²) in [6.45, 7) is 3.57. The lowest BCUT2D eigenvalue weighted by molar-refractivity contribution is -0.794. The number of hydrogen-bond donors (Lipinski definition) is 1. The van der Waals surface area contributed by atoms with E-state index in [1.54, 1.807) is 13.8 Å². The van der Waals surface area contributed by atoms with Gasteiger partial charge in [0.2, 0.25) is 0 Å². The summed E-state index contributed by atoms with van der Waals surface area (Å²) in [5, 5.41) is 9.56. The fourth-order valence-corrected chi connectivity index (χ4v) is 3.32. The van der Waals surface area contributed by atoms with E-state index < -0.39 is 28.2 Å². The fourth-order valence-electron chi connectivity index (χ4n) is 3.32. The highest BCUT2D eigenvalue weighted by Gasteiger charge is 2.54. The van der Waals surface area contributed by atoms with E-state index in [9.17, 15) is 23.9 Å². The van der Waals surface area contributed by atoms with E-state index in [1.807, 2.05) is 0 Å². The number of carbonyl (C=O) groups excluding carboxylic acids is 2. The molecule has 0 saturated carbocycles. The number of Topliss-reactive ketones (excluding diaryl/α,β-unsaturated/α-hetero) is 1. The summed E-state index contributed by atoms with van der Waals surface area (Å²) in [5.74, 6) is -2.06. The van der Waals surface area contributed by atoms with Gasteiger partial charge in [-0.25, -0.2) is 9.18 Å². The van der Waals surface area contributed by atoms with E-state index in [-0.39, 0.29) is 30.4 Å². The lowest BCUT2D eigenvalue weighted by Gasteiger charge is -2.31. The number of hydrogen-bond acceptors (Lipinski definition) is 3. The van der Waals surface area contributed by atoms with E-state index in [2.05, 4.69) is 0 Å². The van der Waals surface area contributed by atoms with Crippen LogP contribution in [0.1, 0.15) is 43.5 Å². The third-order valence-electron chi connectivity index (χ3n) is 4.68. The van der Waals surface area contributed by atoms with E-state index in [0.717, 1.165) is 6.07 Å². The fraction of sp³-hybridized carbons (Fsp3) is 0.471. The Balaban J connectivity index is 2.16. The molecule has 1 fully saturated rings. The number of likely N-dealkylation sites (tertiary alicyclic amines) is 1. The molecule has 124 valence electrons. The third-order valence-corrected chi connectivity index (χ3v) is 4.68. The Labute approximate surface area is 134 Å². The molecule has 1 aromatic rings. The van der Waals surface area contributed by atoms with E-state index in [4.69, 9.17) is 0 Å². The van der Waals surface area contributed by atoms with Gasteiger partial charge in [0, 0.05) is 24.8 Å². The molecule has 2 unspecified atom stereocenters. The average Bonchev–Trinajstić information content (AvgIpc) is 2.89. The van der Waals surface area contributed by atoms with Crippen molar-refractivity contribution in [1.29, 1.82) is 0 Å². The maximum absolute atomic E-state index is 13.2. The smallest absolute Gasteiger partial charge is 0.435 e. The highest BCUT2D eigenvalue weighted by atomic mass is 19.1. The number of benzene rings is 1.